The highest BCUT2D eigenvalue weighted by molar-refractivity contribution is 7.92. The van der Waals surface area contributed by atoms with Gasteiger partial charge in [0.25, 0.3) is 15.9 Å². The van der Waals surface area contributed by atoms with Gasteiger partial charge < -0.3 is 15.6 Å². The second-order valence-corrected chi connectivity index (χ2v) is 9.82. The Morgan fingerprint density at radius 2 is 1.91 bits per heavy atom. The Morgan fingerprint density at radius 3 is 2.64 bits per heavy atom. The number of carbonyl (C=O) groups is 2. The number of pyridine rings is 1. The zero-order valence-electron chi connectivity index (χ0n) is 18.0. The smallest absolute Gasteiger partial charge is 0.261 e. The van der Waals surface area contributed by atoms with Gasteiger partial charge in [0, 0.05) is 29.2 Å². The molecule has 0 radical (unpaired) electrons. The van der Waals surface area contributed by atoms with Crippen molar-refractivity contribution >= 4 is 38.4 Å². The number of hydrogen-bond donors (Lipinski definition) is 3. The lowest BCUT2D eigenvalue weighted by Crippen LogP contribution is -2.50. The van der Waals surface area contributed by atoms with Gasteiger partial charge in [-0.15, -0.1) is 0 Å². The molecule has 1 fully saturated rings. The number of aryl methyl sites for hydroxylation is 1. The fraction of sp³-hybridized carbons (Fsp3) is 0.261. The Bertz CT molecular complexity index is 1410. The van der Waals surface area contributed by atoms with E-state index in [1.807, 2.05) is 13.0 Å². The number of hydrogen-bond acceptors (Lipinski definition) is 5. The molecule has 1 unspecified atom stereocenters. The highest BCUT2D eigenvalue weighted by Gasteiger charge is 2.32. The molecule has 1 aromatic heterocycles. The van der Waals surface area contributed by atoms with Crippen LogP contribution in [0.4, 0.5) is 5.69 Å². The van der Waals surface area contributed by atoms with E-state index in [1.165, 1.54) is 23.1 Å². The molecule has 2 aromatic carbocycles. The standard InChI is InChI=1S/C23H24N4O5S/c1-14-5-4-6-15(11-14)26-33(31,32)16-8-9-19-17(12-16)18(13-21(28)25-19)23(30)27-10-3-2-7-20(27)22(24)29/h4-6,8-9,11-13,20,26H,2-3,7,10H2,1H3,(H2,24,29)(H,25,28). The summed E-state index contributed by atoms with van der Waals surface area (Å²) >= 11 is 0. The number of anilines is 1. The molecule has 0 saturated carbocycles. The second kappa shape index (κ2) is 8.70. The van der Waals surface area contributed by atoms with Crippen LogP contribution in [0, 0.1) is 6.92 Å². The number of nitrogens with one attached hydrogen (secondary N) is 2. The highest BCUT2D eigenvalue weighted by Crippen LogP contribution is 2.26. The first kappa shape index (κ1) is 22.5. The van der Waals surface area contributed by atoms with Crippen molar-refractivity contribution in [2.24, 2.45) is 5.73 Å². The van der Waals surface area contributed by atoms with Crippen LogP contribution >= 0.6 is 0 Å². The lowest BCUT2D eigenvalue weighted by Gasteiger charge is -2.33. The summed E-state index contributed by atoms with van der Waals surface area (Å²) in [4.78, 5) is 41.4. The molecule has 1 aliphatic heterocycles. The van der Waals surface area contributed by atoms with Crippen molar-refractivity contribution in [1.82, 2.24) is 9.88 Å². The van der Waals surface area contributed by atoms with E-state index in [1.54, 1.807) is 18.2 Å². The summed E-state index contributed by atoms with van der Waals surface area (Å²) in [7, 11) is -3.96. The normalized spacial score (nSPS) is 16.5. The van der Waals surface area contributed by atoms with Gasteiger partial charge in [-0.1, -0.05) is 12.1 Å². The highest BCUT2D eigenvalue weighted by atomic mass is 32.2. The van der Waals surface area contributed by atoms with Crippen LogP contribution in [0.25, 0.3) is 10.9 Å². The molecule has 1 saturated heterocycles. The molecule has 9 nitrogen and oxygen atoms in total. The molecule has 0 aliphatic carbocycles. The van der Waals surface area contributed by atoms with E-state index >= 15 is 0 Å². The third-order valence-corrected chi connectivity index (χ3v) is 7.10. The average molecular weight is 469 g/mol. The first-order chi connectivity index (χ1) is 15.7. The van der Waals surface area contributed by atoms with Crippen molar-refractivity contribution in [2.75, 3.05) is 11.3 Å². The number of aromatic amines is 1. The number of aromatic nitrogens is 1. The molecule has 2 amide bonds. The number of sulfonamides is 1. The van der Waals surface area contributed by atoms with Crippen LogP contribution in [0.1, 0.15) is 35.2 Å². The maximum Gasteiger partial charge on any atom is 0.261 e. The van der Waals surface area contributed by atoms with E-state index in [9.17, 15) is 22.8 Å². The topological polar surface area (TPSA) is 142 Å². The molecule has 1 aliphatic rings. The molecular formula is C23H24N4O5S. The molecule has 1 atom stereocenters. The number of nitrogens with zero attached hydrogens (tertiary/aromatic N) is 1. The van der Waals surface area contributed by atoms with Gasteiger partial charge in [-0.05, 0) is 62.1 Å². The molecule has 33 heavy (non-hydrogen) atoms. The molecule has 3 aromatic rings. The van der Waals surface area contributed by atoms with Crippen LogP contribution in [-0.2, 0) is 14.8 Å². The Kier molecular flexibility index (Phi) is 5.94. The van der Waals surface area contributed by atoms with Crippen LogP contribution in [0.15, 0.2) is 58.2 Å². The summed E-state index contributed by atoms with van der Waals surface area (Å²) < 4.78 is 28.5. The molecule has 10 heteroatoms. The molecule has 4 N–H and O–H groups in total. The molecular weight excluding hydrogens is 444 g/mol. The van der Waals surface area contributed by atoms with Crippen LogP contribution in [0.3, 0.4) is 0 Å². The number of piperidine rings is 1. The number of rotatable bonds is 5. The number of amides is 2. The Hall–Kier alpha value is -3.66. The Morgan fingerprint density at radius 1 is 1.12 bits per heavy atom. The summed E-state index contributed by atoms with van der Waals surface area (Å²) in [5.41, 5.74) is 6.62. The number of fused-ring (bicyclic) bond motifs is 1. The molecule has 0 spiro atoms. The Labute approximate surface area is 190 Å². The SMILES string of the molecule is Cc1cccc(NS(=O)(=O)c2ccc3[nH]c(=O)cc(C(=O)N4CCCCC4C(N)=O)c3c2)c1. The lowest BCUT2D eigenvalue weighted by atomic mass is 9.99. The number of likely N-dealkylation sites (tertiary alicyclic amines) is 1. The van der Waals surface area contributed by atoms with Gasteiger partial charge in [-0.25, -0.2) is 8.42 Å². The predicted octanol–water partition coefficient (Wildman–Crippen LogP) is 2.12. The average Bonchev–Trinajstić information content (AvgIpc) is 2.77. The fourth-order valence-corrected chi connectivity index (χ4v) is 5.20. The quantitative estimate of drug-likeness (QED) is 0.526. The number of nitrogens with two attached hydrogens (primary N) is 1. The van der Waals surface area contributed by atoms with E-state index in [4.69, 9.17) is 5.73 Å². The van der Waals surface area contributed by atoms with Gasteiger partial charge in [0.05, 0.1) is 10.5 Å². The van der Waals surface area contributed by atoms with Crippen molar-refractivity contribution in [2.45, 2.75) is 37.1 Å². The molecule has 4 rings (SSSR count). The first-order valence-electron chi connectivity index (χ1n) is 10.5. The molecule has 2 heterocycles. The van der Waals surface area contributed by atoms with Crippen molar-refractivity contribution < 1.29 is 18.0 Å². The predicted molar refractivity (Wildman–Crippen MR) is 124 cm³/mol. The summed E-state index contributed by atoms with van der Waals surface area (Å²) in [5.74, 6) is -1.14. The number of carbonyl (C=O) groups excluding carboxylic acids is 2. The van der Waals surface area contributed by atoms with Gasteiger partial charge in [0.2, 0.25) is 11.5 Å². The minimum atomic E-state index is -3.96. The third kappa shape index (κ3) is 4.61. The van der Waals surface area contributed by atoms with Crippen molar-refractivity contribution in [3.63, 3.8) is 0 Å². The summed E-state index contributed by atoms with van der Waals surface area (Å²) in [6.07, 6.45) is 1.92. The number of primary amides is 1. The minimum Gasteiger partial charge on any atom is -0.368 e. The lowest BCUT2D eigenvalue weighted by molar-refractivity contribution is -0.123. The number of H-pyrrole nitrogens is 1. The maximum atomic E-state index is 13.4. The van der Waals surface area contributed by atoms with Gasteiger partial charge in [0.1, 0.15) is 6.04 Å². The van der Waals surface area contributed by atoms with Crippen LogP contribution in [0.2, 0.25) is 0 Å². The fourth-order valence-electron chi connectivity index (χ4n) is 4.12. The molecule has 0 bridgehead atoms. The number of benzene rings is 2. The van der Waals surface area contributed by atoms with Gasteiger partial charge in [-0.2, -0.15) is 0 Å². The summed E-state index contributed by atoms with van der Waals surface area (Å²) in [6.45, 7) is 2.18. The second-order valence-electron chi connectivity index (χ2n) is 8.14. The van der Waals surface area contributed by atoms with Crippen molar-refractivity contribution in [3.8, 4) is 0 Å². The summed E-state index contributed by atoms with van der Waals surface area (Å²) in [6, 6.07) is 11.4. The molecule has 172 valence electrons. The van der Waals surface area contributed by atoms with E-state index in [-0.39, 0.29) is 15.8 Å². The first-order valence-corrected chi connectivity index (χ1v) is 12.0. The maximum absolute atomic E-state index is 13.4. The van der Waals surface area contributed by atoms with E-state index in [2.05, 4.69) is 9.71 Å². The van der Waals surface area contributed by atoms with Crippen molar-refractivity contribution in [3.05, 3.63) is 70.0 Å². The van der Waals surface area contributed by atoms with Crippen LogP contribution < -0.4 is 16.0 Å². The van der Waals surface area contributed by atoms with Gasteiger partial charge in [-0.3, -0.25) is 19.1 Å². The summed E-state index contributed by atoms with van der Waals surface area (Å²) in [5, 5.41) is 0.264. The largest absolute Gasteiger partial charge is 0.368 e. The minimum absolute atomic E-state index is 0.0227. The zero-order chi connectivity index (χ0) is 23.8. The van der Waals surface area contributed by atoms with E-state index < -0.39 is 33.4 Å². The Balaban J connectivity index is 1.78. The van der Waals surface area contributed by atoms with Gasteiger partial charge >= 0.3 is 0 Å². The van der Waals surface area contributed by atoms with Crippen LogP contribution in [0.5, 0.6) is 0 Å². The van der Waals surface area contributed by atoms with Crippen LogP contribution in [-0.4, -0.2) is 42.7 Å². The zero-order valence-corrected chi connectivity index (χ0v) is 18.8. The van der Waals surface area contributed by atoms with E-state index in [0.29, 0.717) is 30.6 Å². The van der Waals surface area contributed by atoms with E-state index in [0.717, 1.165) is 18.1 Å². The monoisotopic (exact) mass is 468 g/mol. The van der Waals surface area contributed by atoms with Crippen molar-refractivity contribution in [1.29, 1.82) is 0 Å². The van der Waals surface area contributed by atoms with Gasteiger partial charge in [0.15, 0.2) is 0 Å². The third-order valence-electron chi connectivity index (χ3n) is 5.72.